The molecule has 1 heterocycles. The fourth-order valence-electron chi connectivity index (χ4n) is 3.23. The summed E-state index contributed by atoms with van der Waals surface area (Å²) in [5, 5.41) is 0. The number of likely N-dealkylation sites (tertiary alicyclic amines) is 1. The van der Waals surface area contributed by atoms with E-state index in [9.17, 15) is 13.2 Å². The molecule has 0 N–H and O–H groups in total. The molecule has 2 aromatic carbocycles. The fraction of sp³-hybridized carbons (Fsp3) is 0.368. The predicted molar refractivity (Wildman–Crippen MR) is 86.7 cm³/mol. The molecule has 1 saturated heterocycles. The van der Waals surface area contributed by atoms with E-state index in [1.54, 1.807) is 12.1 Å². The number of hydrogen-bond donors (Lipinski definition) is 0. The maximum atomic E-state index is 12.2. The molecule has 1 atom stereocenters. The lowest BCUT2D eigenvalue weighted by Crippen LogP contribution is -2.20. The lowest BCUT2D eigenvalue weighted by molar-refractivity contribution is -0.274. The lowest BCUT2D eigenvalue weighted by Gasteiger charge is -2.16. The van der Waals surface area contributed by atoms with Gasteiger partial charge in [-0.05, 0) is 48.6 Å². The highest BCUT2D eigenvalue weighted by Crippen LogP contribution is 2.26. The maximum absolute atomic E-state index is 12.2. The minimum absolute atomic E-state index is 0.164. The Morgan fingerprint density at radius 2 is 1.67 bits per heavy atom. The molecule has 1 aliphatic rings. The monoisotopic (exact) mass is 335 g/mol. The summed E-state index contributed by atoms with van der Waals surface area (Å²) in [7, 11) is 0. The molecule has 2 aromatic rings. The Hall–Kier alpha value is -2.01. The van der Waals surface area contributed by atoms with Crippen LogP contribution in [0.2, 0.25) is 0 Å². The van der Waals surface area contributed by atoms with Gasteiger partial charge in [0, 0.05) is 13.1 Å². The van der Waals surface area contributed by atoms with Crippen LogP contribution in [0.4, 0.5) is 13.2 Å². The van der Waals surface area contributed by atoms with Crippen molar-refractivity contribution in [1.82, 2.24) is 4.90 Å². The third-order valence-corrected chi connectivity index (χ3v) is 4.30. The summed E-state index contributed by atoms with van der Waals surface area (Å²) in [6.07, 6.45) is -2.63. The molecule has 24 heavy (non-hydrogen) atoms. The van der Waals surface area contributed by atoms with E-state index in [4.69, 9.17) is 0 Å². The van der Waals surface area contributed by atoms with E-state index < -0.39 is 6.36 Å². The summed E-state index contributed by atoms with van der Waals surface area (Å²) >= 11 is 0. The normalized spacial score (nSPS) is 18.7. The van der Waals surface area contributed by atoms with Crippen LogP contribution in [0.25, 0.3) is 0 Å². The molecule has 0 spiro atoms. The molecule has 1 fully saturated rings. The third-order valence-electron chi connectivity index (χ3n) is 4.30. The average molecular weight is 335 g/mol. The molecule has 0 saturated carbocycles. The van der Waals surface area contributed by atoms with Crippen molar-refractivity contribution in [1.29, 1.82) is 0 Å². The number of nitrogens with zero attached hydrogens (tertiary/aromatic N) is 1. The van der Waals surface area contributed by atoms with E-state index in [-0.39, 0.29) is 5.75 Å². The van der Waals surface area contributed by atoms with Crippen LogP contribution >= 0.6 is 0 Å². The van der Waals surface area contributed by atoms with E-state index in [2.05, 4.69) is 21.8 Å². The molecule has 0 amide bonds. The second-order valence-electron chi connectivity index (χ2n) is 6.27. The van der Waals surface area contributed by atoms with Gasteiger partial charge in [-0.15, -0.1) is 13.2 Å². The van der Waals surface area contributed by atoms with Gasteiger partial charge < -0.3 is 4.74 Å². The van der Waals surface area contributed by atoms with Crippen molar-refractivity contribution in [2.75, 3.05) is 13.1 Å². The number of alkyl halides is 3. The van der Waals surface area contributed by atoms with Gasteiger partial charge in [0.25, 0.3) is 0 Å². The van der Waals surface area contributed by atoms with Crippen molar-refractivity contribution in [3.05, 3.63) is 65.7 Å². The SMILES string of the molecule is FC(F)(F)Oc1ccc(CC2CCN(Cc3ccccc3)C2)cc1. The smallest absolute Gasteiger partial charge is 0.406 e. The molecule has 1 aliphatic heterocycles. The van der Waals surface area contributed by atoms with Crippen LogP contribution in [0.3, 0.4) is 0 Å². The van der Waals surface area contributed by atoms with Gasteiger partial charge in [0.15, 0.2) is 0 Å². The van der Waals surface area contributed by atoms with Gasteiger partial charge in [-0.3, -0.25) is 4.90 Å². The molecule has 0 aromatic heterocycles. The van der Waals surface area contributed by atoms with Crippen molar-refractivity contribution in [2.45, 2.75) is 25.7 Å². The Labute approximate surface area is 139 Å². The summed E-state index contributed by atoms with van der Waals surface area (Å²) in [5.74, 6) is 0.381. The van der Waals surface area contributed by atoms with Gasteiger partial charge in [-0.25, -0.2) is 0 Å². The Bertz CT molecular complexity index is 640. The minimum Gasteiger partial charge on any atom is -0.406 e. The Balaban J connectivity index is 1.50. The molecule has 1 unspecified atom stereocenters. The molecule has 2 nitrogen and oxygen atoms in total. The maximum Gasteiger partial charge on any atom is 0.573 e. The van der Waals surface area contributed by atoms with E-state index in [0.29, 0.717) is 5.92 Å². The highest BCUT2D eigenvalue weighted by atomic mass is 19.4. The number of ether oxygens (including phenoxy) is 1. The first-order valence-corrected chi connectivity index (χ1v) is 8.09. The van der Waals surface area contributed by atoms with Gasteiger partial charge >= 0.3 is 6.36 Å². The zero-order valence-corrected chi connectivity index (χ0v) is 13.3. The summed E-state index contributed by atoms with van der Waals surface area (Å²) in [6.45, 7) is 3.04. The minimum atomic E-state index is -4.63. The van der Waals surface area contributed by atoms with E-state index in [1.807, 2.05) is 18.2 Å². The van der Waals surface area contributed by atoms with Crippen molar-refractivity contribution in [3.8, 4) is 5.75 Å². The van der Waals surface area contributed by atoms with Gasteiger partial charge in [-0.2, -0.15) is 0 Å². The summed E-state index contributed by atoms with van der Waals surface area (Å²) < 4.78 is 40.4. The molecular weight excluding hydrogens is 315 g/mol. The first kappa shape index (κ1) is 16.8. The van der Waals surface area contributed by atoms with Gasteiger partial charge in [0.2, 0.25) is 0 Å². The van der Waals surface area contributed by atoms with Crippen LogP contribution in [-0.2, 0) is 13.0 Å². The van der Waals surface area contributed by atoms with Crippen molar-refractivity contribution in [3.63, 3.8) is 0 Å². The van der Waals surface area contributed by atoms with Crippen LogP contribution in [0.5, 0.6) is 5.75 Å². The zero-order valence-electron chi connectivity index (χ0n) is 13.3. The quantitative estimate of drug-likeness (QED) is 0.789. The van der Waals surface area contributed by atoms with Crippen molar-refractivity contribution in [2.24, 2.45) is 5.92 Å². The topological polar surface area (TPSA) is 12.5 Å². The fourth-order valence-corrected chi connectivity index (χ4v) is 3.23. The highest BCUT2D eigenvalue weighted by molar-refractivity contribution is 5.27. The van der Waals surface area contributed by atoms with Crippen LogP contribution in [0.1, 0.15) is 17.5 Å². The van der Waals surface area contributed by atoms with Crippen LogP contribution in [-0.4, -0.2) is 24.4 Å². The van der Waals surface area contributed by atoms with Crippen molar-refractivity contribution < 1.29 is 17.9 Å². The average Bonchev–Trinajstić information content (AvgIpc) is 2.96. The Kier molecular flexibility index (Phi) is 5.09. The van der Waals surface area contributed by atoms with Crippen molar-refractivity contribution >= 4 is 0 Å². The molecule has 0 aliphatic carbocycles. The van der Waals surface area contributed by atoms with Crippen LogP contribution in [0.15, 0.2) is 54.6 Å². The second-order valence-corrected chi connectivity index (χ2v) is 6.27. The molecular formula is C19H20F3NO. The first-order valence-electron chi connectivity index (χ1n) is 8.09. The molecule has 0 bridgehead atoms. The standard InChI is InChI=1S/C19H20F3NO/c20-19(21,22)24-18-8-6-15(7-9-18)12-17-10-11-23(14-17)13-16-4-2-1-3-5-16/h1-9,17H,10-14H2. The van der Waals surface area contributed by atoms with E-state index >= 15 is 0 Å². The largest absolute Gasteiger partial charge is 0.573 e. The van der Waals surface area contributed by atoms with Gasteiger partial charge in [0.05, 0.1) is 0 Å². The molecule has 3 rings (SSSR count). The summed E-state index contributed by atoms with van der Waals surface area (Å²) in [5.41, 5.74) is 2.36. The predicted octanol–water partition coefficient (Wildman–Crippen LogP) is 4.65. The summed E-state index contributed by atoms with van der Waals surface area (Å²) in [6, 6.07) is 16.6. The zero-order chi connectivity index (χ0) is 17.0. The number of benzene rings is 2. The van der Waals surface area contributed by atoms with Gasteiger partial charge in [0.1, 0.15) is 5.75 Å². The number of hydrogen-bond acceptors (Lipinski definition) is 2. The number of halogens is 3. The van der Waals surface area contributed by atoms with Gasteiger partial charge in [-0.1, -0.05) is 42.5 Å². The van der Waals surface area contributed by atoms with Crippen LogP contribution in [0, 0.1) is 5.92 Å². The lowest BCUT2D eigenvalue weighted by atomic mass is 9.99. The Morgan fingerprint density at radius 3 is 2.33 bits per heavy atom. The number of rotatable bonds is 5. The van der Waals surface area contributed by atoms with E-state index in [1.165, 1.54) is 17.7 Å². The second kappa shape index (κ2) is 7.26. The molecule has 128 valence electrons. The first-order chi connectivity index (χ1) is 11.5. The highest BCUT2D eigenvalue weighted by Gasteiger charge is 2.31. The molecule has 0 radical (unpaired) electrons. The Morgan fingerprint density at radius 1 is 0.958 bits per heavy atom. The van der Waals surface area contributed by atoms with E-state index in [0.717, 1.165) is 38.0 Å². The van der Waals surface area contributed by atoms with Crippen LogP contribution < -0.4 is 4.74 Å². The summed E-state index contributed by atoms with van der Waals surface area (Å²) in [4.78, 5) is 2.43. The third kappa shape index (κ3) is 4.99. The molecule has 5 heteroatoms.